The maximum atomic E-state index is 5.78. The topological polar surface area (TPSA) is 51.2 Å². The minimum absolute atomic E-state index is 0.864. The summed E-state index contributed by atoms with van der Waals surface area (Å²) in [6.45, 7) is 0. The summed E-state index contributed by atoms with van der Waals surface area (Å²) in [5, 5.41) is 1.04. The highest BCUT2D eigenvalue weighted by Gasteiger charge is 2.05. The summed E-state index contributed by atoms with van der Waals surface area (Å²) in [4.78, 5) is 0. The maximum Gasteiger partial charge on any atom is 0.135 e. The van der Waals surface area contributed by atoms with Crippen molar-refractivity contribution in [1.82, 2.24) is 0 Å². The summed E-state index contributed by atoms with van der Waals surface area (Å²) in [6.07, 6.45) is 0. The Morgan fingerprint density at radius 2 is 1.76 bits per heavy atom. The highest BCUT2D eigenvalue weighted by Crippen LogP contribution is 2.29. The van der Waals surface area contributed by atoms with E-state index in [-0.39, 0.29) is 0 Å². The first kappa shape index (κ1) is 9.93. The number of furan rings is 1. The number of rotatable bonds is 2. The average molecular weight is 224 g/mol. The zero-order valence-electron chi connectivity index (χ0n) is 9.18. The van der Waals surface area contributed by atoms with Gasteiger partial charge in [0.05, 0.1) is 0 Å². The highest BCUT2D eigenvalue weighted by atomic mass is 16.3. The van der Waals surface area contributed by atoms with Crippen LogP contribution in [0.5, 0.6) is 0 Å². The van der Waals surface area contributed by atoms with Crippen molar-refractivity contribution in [2.75, 3.05) is 5.43 Å². The molecule has 0 aliphatic heterocycles. The summed E-state index contributed by atoms with van der Waals surface area (Å²) in [5.74, 6) is 6.25. The summed E-state index contributed by atoms with van der Waals surface area (Å²) in [6, 6.07) is 17.8. The van der Waals surface area contributed by atoms with Gasteiger partial charge in [0.1, 0.15) is 11.3 Å². The molecule has 1 heterocycles. The first-order valence-corrected chi connectivity index (χ1v) is 5.42. The molecule has 0 saturated carbocycles. The number of fused-ring (bicyclic) bond motifs is 1. The Morgan fingerprint density at radius 1 is 0.941 bits per heavy atom. The zero-order valence-corrected chi connectivity index (χ0v) is 9.18. The van der Waals surface area contributed by atoms with Crippen molar-refractivity contribution in [3.05, 3.63) is 54.6 Å². The molecule has 0 unspecified atom stereocenters. The van der Waals surface area contributed by atoms with E-state index < -0.39 is 0 Å². The molecule has 0 saturated heterocycles. The fourth-order valence-electron chi connectivity index (χ4n) is 1.88. The predicted octanol–water partition coefficient (Wildman–Crippen LogP) is 3.39. The number of nitrogens with two attached hydrogens (primary N) is 1. The summed E-state index contributed by atoms with van der Waals surface area (Å²) in [7, 11) is 0. The van der Waals surface area contributed by atoms with Crippen molar-refractivity contribution in [2.24, 2.45) is 5.84 Å². The third-order valence-corrected chi connectivity index (χ3v) is 2.74. The first-order chi connectivity index (χ1) is 8.36. The zero-order chi connectivity index (χ0) is 11.7. The number of hydrogen-bond donors (Lipinski definition) is 2. The molecule has 3 nitrogen and oxygen atoms in total. The monoisotopic (exact) mass is 224 g/mol. The third kappa shape index (κ3) is 1.77. The molecule has 3 rings (SSSR count). The molecule has 0 amide bonds. The largest absolute Gasteiger partial charge is 0.456 e. The molecule has 0 aliphatic rings. The van der Waals surface area contributed by atoms with E-state index in [2.05, 4.69) is 5.43 Å². The van der Waals surface area contributed by atoms with Crippen molar-refractivity contribution in [1.29, 1.82) is 0 Å². The molecule has 3 N–H and O–H groups in total. The van der Waals surface area contributed by atoms with Gasteiger partial charge in [-0.15, -0.1) is 0 Å². The molecule has 1 aromatic heterocycles. The summed E-state index contributed by atoms with van der Waals surface area (Å²) in [5.41, 5.74) is 5.44. The predicted molar refractivity (Wildman–Crippen MR) is 69.5 cm³/mol. The number of benzene rings is 2. The molecule has 84 valence electrons. The molecule has 2 aromatic carbocycles. The van der Waals surface area contributed by atoms with E-state index in [9.17, 15) is 0 Å². The molecule has 0 radical (unpaired) electrons. The van der Waals surface area contributed by atoms with E-state index in [1.54, 1.807) is 0 Å². The van der Waals surface area contributed by atoms with E-state index in [0.29, 0.717) is 0 Å². The van der Waals surface area contributed by atoms with Gasteiger partial charge in [0, 0.05) is 16.6 Å². The molecule has 3 heteroatoms. The molecule has 0 aliphatic carbocycles. The lowest BCUT2D eigenvalue weighted by Crippen LogP contribution is -2.05. The fraction of sp³-hybridized carbons (Fsp3) is 0. The van der Waals surface area contributed by atoms with E-state index >= 15 is 0 Å². The van der Waals surface area contributed by atoms with Crippen LogP contribution in [0.2, 0.25) is 0 Å². The van der Waals surface area contributed by atoms with Crippen molar-refractivity contribution in [3.63, 3.8) is 0 Å². The van der Waals surface area contributed by atoms with E-state index in [0.717, 1.165) is 28.0 Å². The van der Waals surface area contributed by atoms with Crippen LogP contribution in [0.3, 0.4) is 0 Å². The highest BCUT2D eigenvalue weighted by molar-refractivity contribution is 5.85. The van der Waals surface area contributed by atoms with Crippen LogP contribution in [0.15, 0.2) is 59.0 Å². The van der Waals surface area contributed by atoms with E-state index in [1.165, 1.54) is 0 Å². The number of hydrogen-bond acceptors (Lipinski definition) is 3. The Hall–Kier alpha value is -2.26. The molecular formula is C14H12N2O. The van der Waals surface area contributed by atoms with Crippen molar-refractivity contribution < 1.29 is 4.42 Å². The van der Waals surface area contributed by atoms with Gasteiger partial charge in [-0.25, -0.2) is 0 Å². The smallest absolute Gasteiger partial charge is 0.135 e. The van der Waals surface area contributed by atoms with Gasteiger partial charge < -0.3 is 9.84 Å². The van der Waals surface area contributed by atoms with Crippen LogP contribution in [-0.4, -0.2) is 0 Å². The van der Waals surface area contributed by atoms with E-state index in [4.69, 9.17) is 10.3 Å². The normalized spacial score (nSPS) is 10.6. The lowest BCUT2D eigenvalue weighted by molar-refractivity contribution is 0.631. The molecule has 0 atom stereocenters. The molecule has 0 spiro atoms. The second kappa shape index (κ2) is 3.96. The second-order valence-electron chi connectivity index (χ2n) is 3.87. The molecule has 0 bridgehead atoms. The second-order valence-corrected chi connectivity index (χ2v) is 3.87. The van der Waals surface area contributed by atoms with Crippen LogP contribution >= 0.6 is 0 Å². The van der Waals surface area contributed by atoms with Crippen LogP contribution in [0.1, 0.15) is 0 Å². The van der Waals surface area contributed by atoms with Crippen molar-refractivity contribution in [3.8, 4) is 11.3 Å². The Labute approximate surface area is 98.8 Å². The minimum atomic E-state index is 0.864. The van der Waals surface area contributed by atoms with Gasteiger partial charge in [0.2, 0.25) is 0 Å². The Morgan fingerprint density at radius 3 is 2.53 bits per heavy atom. The maximum absolute atomic E-state index is 5.78. The van der Waals surface area contributed by atoms with Gasteiger partial charge in [-0.3, -0.25) is 5.84 Å². The van der Waals surface area contributed by atoms with Crippen LogP contribution in [0.25, 0.3) is 22.3 Å². The van der Waals surface area contributed by atoms with Crippen LogP contribution in [0.4, 0.5) is 5.69 Å². The lowest BCUT2D eigenvalue weighted by Gasteiger charge is -1.96. The van der Waals surface area contributed by atoms with E-state index in [1.807, 2.05) is 54.6 Å². The number of nitrogens with one attached hydrogen (secondary N) is 1. The van der Waals surface area contributed by atoms with Gasteiger partial charge in [-0.1, -0.05) is 30.3 Å². The molecule has 17 heavy (non-hydrogen) atoms. The summed E-state index contributed by atoms with van der Waals surface area (Å²) >= 11 is 0. The van der Waals surface area contributed by atoms with Crippen LogP contribution < -0.4 is 11.3 Å². The van der Waals surface area contributed by atoms with Gasteiger partial charge >= 0.3 is 0 Å². The minimum Gasteiger partial charge on any atom is -0.456 e. The third-order valence-electron chi connectivity index (χ3n) is 2.74. The Kier molecular flexibility index (Phi) is 2.31. The number of nitrogen functional groups attached to an aromatic ring is 1. The first-order valence-electron chi connectivity index (χ1n) is 5.42. The quantitative estimate of drug-likeness (QED) is 0.518. The Balaban J connectivity index is 2.14. The number of hydrazine groups is 1. The van der Waals surface area contributed by atoms with Gasteiger partial charge in [-0.2, -0.15) is 0 Å². The van der Waals surface area contributed by atoms with Gasteiger partial charge in [0.25, 0.3) is 0 Å². The summed E-state index contributed by atoms with van der Waals surface area (Å²) < 4.78 is 5.78. The standard InChI is InChI=1S/C14H12N2O/c15-16-12-6-7-13-11(8-12)9-14(17-13)10-4-2-1-3-5-10/h1-9,16H,15H2. The molecular weight excluding hydrogens is 212 g/mol. The molecule has 0 fully saturated rings. The average Bonchev–Trinajstić information content (AvgIpc) is 2.82. The van der Waals surface area contributed by atoms with Crippen molar-refractivity contribution in [2.45, 2.75) is 0 Å². The molecule has 3 aromatic rings. The van der Waals surface area contributed by atoms with Crippen molar-refractivity contribution >= 4 is 16.7 Å². The van der Waals surface area contributed by atoms with Gasteiger partial charge in [-0.05, 0) is 24.3 Å². The lowest BCUT2D eigenvalue weighted by atomic mass is 10.1. The van der Waals surface area contributed by atoms with Gasteiger partial charge in [0.15, 0.2) is 0 Å². The van der Waals surface area contributed by atoms with Crippen LogP contribution in [0, 0.1) is 0 Å². The van der Waals surface area contributed by atoms with Crippen LogP contribution in [-0.2, 0) is 0 Å². The Bertz CT molecular complexity index is 644. The SMILES string of the molecule is NNc1ccc2oc(-c3ccccc3)cc2c1. The number of anilines is 1. The fourth-order valence-corrected chi connectivity index (χ4v) is 1.88.